The summed E-state index contributed by atoms with van der Waals surface area (Å²) >= 11 is 6.26. The van der Waals surface area contributed by atoms with E-state index in [1.165, 1.54) is 12.8 Å². The molecule has 0 heterocycles. The van der Waals surface area contributed by atoms with Crippen LogP contribution < -0.4 is 5.32 Å². The zero-order chi connectivity index (χ0) is 13.8. The van der Waals surface area contributed by atoms with Crippen LogP contribution in [0.25, 0.3) is 0 Å². The minimum absolute atomic E-state index is 0.0311. The van der Waals surface area contributed by atoms with Gasteiger partial charge in [0.05, 0.1) is 5.56 Å². The van der Waals surface area contributed by atoms with Crippen LogP contribution in [-0.2, 0) is 0 Å². The van der Waals surface area contributed by atoms with Gasteiger partial charge < -0.3 is 10.4 Å². The van der Waals surface area contributed by atoms with Crippen LogP contribution in [0.2, 0.25) is 0 Å². The maximum Gasteiger partial charge on any atom is 0.255 e. The summed E-state index contributed by atoms with van der Waals surface area (Å²) in [6.45, 7) is 2.46. The highest BCUT2D eigenvalue weighted by molar-refractivity contribution is 6.20. The molecule has 0 radical (unpaired) electrons. The lowest BCUT2D eigenvalue weighted by Crippen LogP contribution is -2.34. The third kappa shape index (κ3) is 3.63. The number of hydrogen-bond acceptors (Lipinski definition) is 2. The van der Waals surface area contributed by atoms with Crippen molar-refractivity contribution in [3.8, 4) is 5.75 Å². The van der Waals surface area contributed by atoms with E-state index >= 15 is 0 Å². The lowest BCUT2D eigenvalue weighted by molar-refractivity contribution is 0.0941. The first-order valence-corrected chi connectivity index (χ1v) is 7.23. The van der Waals surface area contributed by atoms with Crippen LogP contribution >= 0.6 is 11.6 Å². The number of halogens is 1. The van der Waals surface area contributed by atoms with Gasteiger partial charge in [-0.05, 0) is 43.4 Å². The van der Waals surface area contributed by atoms with Crippen molar-refractivity contribution < 1.29 is 9.90 Å². The quantitative estimate of drug-likeness (QED) is 0.836. The lowest BCUT2D eigenvalue weighted by atomic mass is 9.88. The number of nitrogens with one attached hydrogen (secondary N) is 1. The Balaban J connectivity index is 1.93. The van der Waals surface area contributed by atoms with Gasteiger partial charge in [0, 0.05) is 11.9 Å². The number of phenolic OH excluding ortho intramolecular Hbond substituents is 1. The molecule has 19 heavy (non-hydrogen) atoms. The standard InChI is InChI=1S/C15H20ClNO2/c1-10-6-7-12(14(18)8-10)15(19)17-9-11-4-2-3-5-13(11)16/h6-8,11,13,18H,2-5,9H2,1H3,(H,17,19). The summed E-state index contributed by atoms with van der Waals surface area (Å²) in [5.74, 6) is 0.141. The third-order valence-corrected chi connectivity index (χ3v) is 4.31. The molecule has 1 aromatic carbocycles. The van der Waals surface area contributed by atoms with E-state index in [2.05, 4.69) is 5.32 Å². The Labute approximate surface area is 119 Å². The predicted molar refractivity (Wildman–Crippen MR) is 76.8 cm³/mol. The SMILES string of the molecule is Cc1ccc(C(=O)NCC2CCCCC2Cl)c(O)c1. The highest BCUT2D eigenvalue weighted by atomic mass is 35.5. The van der Waals surface area contributed by atoms with Crippen LogP contribution in [0.4, 0.5) is 0 Å². The molecule has 2 atom stereocenters. The lowest BCUT2D eigenvalue weighted by Gasteiger charge is -2.27. The van der Waals surface area contributed by atoms with E-state index in [1.807, 2.05) is 13.0 Å². The Kier molecular flexibility index (Phi) is 4.70. The number of alkyl halides is 1. The van der Waals surface area contributed by atoms with Crippen molar-refractivity contribution in [3.05, 3.63) is 29.3 Å². The fourth-order valence-electron chi connectivity index (χ4n) is 2.55. The molecule has 2 unspecified atom stereocenters. The molecule has 1 aliphatic carbocycles. The van der Waals surface area contributed by atoms with Crippen LogP contribution in [0.15, 0.2) is 18.2 Å². The first kappa shape index (κ1) is 14.2. The molecule has 104 valence electrons. The van der Waals surface area contributed by atoms with Crippen molar-refractivity contribution in [2.45, 2.75) is 38.0 Å². The number of hydrogen-bond donors (Lipinski definition) is 2. The highest BCUT2D eigenvalue weighted by Gasteiger charge is 2.23. The summed E-state index contributed by atoms with van der Waals surface area (Å²) in [6, 6.07) is 5.07. The van der Waals surface area contributed by atoms with Crippen LogP contribution in [-0.4, -0.2) is 22.9 Å². The normalized spacial score (nSPS) is 23.1. The molecule has 4 heteroatoms. The molecule has 0 aromatic heterocycles. The third-order valence-electron chi connectivity index (χ3n) is 3.74. The van der Waals surface area contributed by atoms with E-state index in [-0.39, 0.29) is 17.0 Å². The van der Waals surface area contributed by atoms with Crippen molar-refractivity contribution >= 4 is 17.5 Å². The van der Waals surface area contributed by atoms with E-state index in [9.17, 15) is 9.90 Å². The highest BCUT2D eigenvalue weighted by Crippen LogP contribution is 2.28. The summed E-state index contributed by atoms with van der Waals surface area (Å²) in [5, 5.41) is 12.8. The van der Waals surface area contributed by atoms with Gasteiger partial charge in [0.15, 0.2) is 0 Å². The maximum atomic E-state index is 12.0. The molecule has 1 aromatic rings. The minimum Gasteiger partial charge on any atom is -0.507 e. The number of aromatic hydroxyl groups is 1. The van der Waals surface area contributed by atoms with Crippen LogP contribution in [0.5, 0.6) is 5.75 Å². The Morgan fingerprint density at radius 3 is 2.84 bits per heavy atom. The van der Waals surface area contributed by atoms with Crippen molar-refractivity contribution in [2.75, 3.05) is 6.54 Å². The van der Waals surface area contributed by atoms with E-state index in [4.69, 9.17) is 11.6 Å². The number of carbonyl (C=O) groups excluding carboxylic acids is 1. The monoisotopic (exact) mass is 281 g/mol. The molecule has 1 amide bonds. The van der Waals surface area contributed by atoms with Gasteiger partial charge in [0.25, 0.3) is 5.91 Å². The molecular formula is C15H20ClNO2. The molecule has 0 bridgehead atoms. The van der Waals surface area contributed by atoms with Gasteiger partial charge in [-0.1, -0.05) is 18.9 Å². The molecule has 1 fully saturated rings. The van der Waals surface area contributed by atoms with Gasteiger partial charge in [-0.2, -0.15) is 0 Å². The van der Waals surface area contributed by atoms with Crippen molar-refractivity contribution in [2.24, 2.45) is 5.92 Å². The average Bonchev–Trinajstić information content (AvgIpc) is 2.37. The number of rotatable bonds is 3. The molecule has 2 rings (SSSR count). The van der Waals surface area contributed by atoms with Crippen molar-refractivity contribution in [3.63, 3.8) is 0 Å². The number of aryl methyl sites for hydroxylation is 1. The number of carbonyl (C=O) groups is 1. The van der Waals surface area contributed by atoms with Gasteiger partial charge in [-0.15, -0.1) is 11.6 Å². The Bertz CT molecular complexity index is 461. The Morgan fingerprint density at radius 1 is 1.42 bits per heavy atom. The van der Waals surface area contributed by atoms with Gasteiger partial charge >= 0.3 is 0 Å². The molecule has 3 nitrogen and oxygen atoms in total. The number of amides is 1. The van der Waals surface area contributed by atoms with Crippen molar-refractivity contribution in [1.29, 1.82) is 0 Å². The van der Waals surface area contributed by atoms with Crippen LogP contribution in [0.3, 0.4) is 0 Å². The molecule has 0 spiro atoms. The summed E-state index contributed by atoms with van der Waals surface area (Å²) in [6.07, 6.45) is 4.45. The van der Waals surface area contributed by atoms with E-state index in [1.54, 1.807) is 12.1 Å². The predicted octanol–water partition coefficient (Wildman–Crippen LogP) is 3.23. The second-order valence-electron chi connectivity index (χ2n) is 5.29. The molecule has 1 aliphatic rings. The average molecular weight is 282 g/mol. The van der Waals surface area contributed by atoms with Crippen LogP contribution in [0, 0.1) is 12.8 Å². The smallest absolute Gasteiger partial charge is 0.255 e. The molecule has 1 saturated carbocycles. The van der Waals surface area contributed by atoms with Gasteiger partial charge in [0.1, 0.15) is 5.75 Å². The van der Waals surface area contributed by atoms with Crippen molar-refractivity contribution in [1.82, 2.24) is 5.32 Å². The number of benzene rings is 1. The van der Waals surface area contributed by atoms with Crippen LogP contribution in [0.1, 0.15) is 41.6 Å². The zero-order valence-electron chi connectivity index (χ0n) is 11.2. The molecule has 0 aliphatic heterocycles. The van der Waals surface area contributed by atoms with E-state index in [0.29, 0.717) is 18.0 Å². The molecule has 0 saturated heterocycles. The molecule has 2 N–H and O–H groups in total. The fraction of sp³-hybridized carbons (Fsp3) is 0.533. The Hall–Kier alpha value is -1.22. The van der Waals surface area contributed by atoms with Gasteiger partial charge in [-0.25, -0.2) is 0 Å². The molecular weight excluding hydrogens is 262 g/mol. The minimum atomic E-state index is -0.230. The first-order chi connectivity index (χ1) is 9.08. The first-order valence-electron chi connectivity index (χ1n) is 6.80. The van der Waals surface area contributed by atoms with E-state index in [0.717, 1.165) is 18.4 Å². The second-order valence-corrected chi connectivity index (χ2v) is 5.85. The second kappa shape index (κ2) is 6.29. The summed E-state index contributed by atoms with van der Waals surface area (Å²) < 4.78 is 0. The van der Waals surface area contributed by atoms with Gasteiger partial charge in [0.2, 0.25) is 0 Å². The summed E-state index contributed by atoms with van der Waals surface area (Å²) in [7, 11) is 0. The summed E-state index contributed by atoms with van der Waals surface area (Å²) in [4.78, 5) is 12.0. The Morgan fingerprint density at radius 2 is 2.16 bits per heavy atom. The zero-order valence-corrected chi connectivity index (χ0v) is 11.9. The van der Waals surface area contributed by atoms with Gasteiger partial charge in [-0.3, -0.25) is 4.79 Å². The number of phenols is 1. The fourth-order valence-corrected chi connectivity index (χ4v) is 2.91. The maximum absolute atomic E-state index is 12.0. The largest absolute Gasteiger partial charge is 0.507 e. The van der Waals surface area contributed by atoms with E-state index < -0.39 is 0 Å². The summed E-state index contributed by atoms with van der Waals surface area (Å²) in [5.41, 5.74) is 1.26. The topological polar surface area (TPSA) is 49.3 Å².